The Kier molecular flexibility index (Phi) is 8.33. The normalized spacial score (nSPS) is 12.2. The number of hydrogen-bond acceptors (Lipinski definition) is 4. The first-order valence-corrected chi connectivity index (χ1v) is 11.5. The third-order valence-corrected chi connectivity index (χ3v) is 5.71. The molecule has 2 aromatic carbocycles. The van der Waals surface area contributed by atoms with Crippen molar-refractivity contribution in [3.63, 3.8) is 0 Å². The van der Waals surface area contributed by atoms with Crippen molar-refractivity contribution in [2.24, 2.45) is 10.5 Å². The van der Waals surface area contributed by atoms with Crippen molar-refractivity contribution in [2.75, 3.05) is 6.61 Å². The zero-order valence-corrected chi connectivity index (χ0v) is 21.7. The molecule has 0 spiro atoms. The van der Waals surface area contributed by atoms with Gasteiger partial charge < -0.3 is 9.84 Å². The number of halogens is 2. The number of hydrogen-bond donors (Lipinski definition) is 2. The van der Waals surface area contributed by atoms with Crippen LogP contribution in [0.4, 0.5) is 0 Å². The maximum Gasteiger partial charge on any atom is 0.277 e. The summed E-state index contributed by atoms with van der Waals surface area (Å²) < 4.78 is 7.06. The highest BCUT2D eigenvalue weighted by Gasteiger charge is 2.27. The minimum Gasteiger partial charge on any atom is -0.506 e. The number of hydrazone groups is 1. The van der Waals surface area contributed by atoms with Crippen LogP contribution < -0.4 is 10.2 Å². The van der Waals surface area contributed by atoms with E-state index in [1.165, 1.54) is 11.8 Å². The van der Waals surface area contributed by atoms with E-state index in [0.29, 0.717) is 14.9 Å². The molecule has 0 fully saturated rings. The van der Waals surface area contributed by atoms with Crippen molar-refractivity contribution in [1.29, 1.82) is 0 Å². The molecule has 0 radical (unpaired) electrons. The Labute approximate surface area is 200 Å². The number of phenols is 1. The van der Waals surface area contributed by atoms with Gasteiger partial charge in [-0.05, 0) is 69.7 Å². The van der Waals surface area contributed by atoms with E-state index in [0.717, 1.165) is 10.9 Å². The van der Waals surface area contributed by atoms with E-state index < -0.39 is 0 Å². The van der Waals surface area contributed by atoms with E-state index in [-0.39, 0.29) is 29.1 Å². The quantitative estimate of drug-likeness (QED) is 0.237. The van der Waals surface area contributed by atoms with Crippen LogP contribution in [-0.4, -0.2) is 23.8 Å². The second-order valence-electron chi connectivity index (χ2n) is 9.05. The van der Waals surface area contributed by atoms with Crippen LogP contribution in [0, 0.1) is 8.99 Å². The van der Waals surface area contributed by atoms with Gasteiger partial charge >= 0.3 is 0 Å². The molecule has 0 aliphatic rings. The minimum absolute atomic E-state index is 0.0542. The third-order valence-electron chi connectivity index (χ3n) is 4.43. The second-order valence-corrected chi connectivity index (χ2v) is 11.1. The van der Waals surface area contributed by atoms with E-state index >= 15 is 0 Å². The molecule has 0 aliphatic carbocycles. The summed E-state index contributed by atoms with van der Waals surface area (Å²) in [6.45, 7) is 11.1. The average Bonchev–Trinajstić information content (AvgIpc) is 2.62. The molecule has 0 aliphatic heterocycles. The zero-order valence-electron chi connectivity index (χ0n) is 17.9. The Bertz CT molecular complexity index is 919. The number of amides is 1. The van der Waals surface area contributed by atoms with Crippen LogP contribution in [0.25, 0.3) is 0 Å². The van der Waals surface area contributed by atoms with Gasteiger partial charge in [-0.2, -0.15) is 5.10 Å². The Morgan fingerprint density at radius 3 is 2.43 bits per heavy atom. The van der Waals surface area contributed by atoms with Crippen LogP contribution in [0.15, 0.2) is 46.0 Å². The van der Waals surface area contributed by atoms with Gasteiger partial charge in [0.15, 0.2) is 6.61 Å². The van der Waals surface area contributed by atoms with Crippen molar-refractivity contribution in [3.8, 4) is 11.5 Å². The Morgan fingerprint density at radius 2 is 1.83 bits per heavy atom. The fourth-order valence-electron chi connectivity index (χ4n) is 3.47. The van der Waals surface area contributed by atoms with Crippen LogP contribution in [-0.2, 0) is 10.2 Å². The van der Waals surface area contributed by atoms with Gasteiger partial charge in [-0.25, -0.2) is 5.43 Å². The Hall–Kier alpha value is -1.61. The van der Waals surface area contributed by atoms with Gasteiger partial charge in [0.25, 0.3) is 5.91 Å². The molecular weight excluding hydrogens is 559 g/mol. The minimum atomic E-state index is -0.382. The van der Waals surface area contributed by atoms with Crippen LogP contribution in [0.2, 0.25) is 0 Å². The van der Waals surface area contributed by atoms with Crippen LogP contribution in [0.5, 0.6) is 11.5 Å². The van der Waals surface area contributed by atoms with E-state index in [4.69, 9.17) is 4.74 Å². The number of rotatable bonds is 7. The van der Waals surface area contributed by atoms with E-state index in [1.54, 1.807) is 12.1 Å². The molecule has 2 rings (SSSR count). The predicted octanol–water partition coefficient (Wildman–Crippen LogP) is 6.00. The molecule has 5 nitrogen and oxygen atoms in total. The summed E-state index contributed by atoms with van der Waals surface area (Å²) in [6.07, 6.45) is 2.46. The SMILES string of the molecule is CC(C)(C)CC(C)(C)c1ccc(OCC(=O)N/N=C/c2cc(Br)cc(I)c2O)cc1. The first-order chi connectivity index (χ1) is 13.9. The van der Waals surface area contributed by atoms with Crippen molar-refractivity contribution in [1.82, 2.24) is 5.43 Å². The number of nitrogens with one attached hydrogen (secondary N) is 1. The Morgan fingerprint density at radius 1 is 1.20 bits per heavy atom. The van der Waals surface area contributed by atoms with Crippen LogP contribution in [0.1, 0.15) is 52.2 Å². The number of aromatic hydroxyl groups is 1. The number of nitrogens with zero attached hydrogens (tertiary/aromatic N) is 1. The molecule has 0 bridgehead atoms. The molecule has 1 amide bonds. The van der Waals surface area contributed by atoms with Gasteiger partial charge in [-0.3, -0.25) is 4.79 Å². The lowest BCUT2D eigenvalue weighted by Crippen LogP contribution is -2.25. The van der Waals surface area contributed by atoms with Crippen molar-refractivity contribution < 1.29 is 14.6 Å². The maximum atomic E-state index is 12.0. The molecule has 0 saturated heterocycles. The van der Waals surface area contributed by atoms with Crippen LogP contribution in [0.3, 0.4) is 0 Å². The van der Waals surface area contributed by atoms with Crippen molar-refractivity contribution in [2.45, 2.75) is 46.5 Å². The van der Waals surface area contributed by atoms with E-state index in [1.807, 2.05) is 34.7 Å². The number of ether oxygens (including phenoxy) is 1. The largest absolute Gasteiger partial charge is 0.506 e. The van der Waals surface area contributed by atoms with Gasteiger partial charge in [-0.15, -0.1) is 0 Å². The summed E-state index contributed by atoms with van der Waals surface area (Å²) >= 11 is 5.39. The molecule has 0 saturated carbocycles. The summed E-state index contributed by atoms with van der Waals surface area (Å²) in [5, 5.41) is 13.9. The van der Waals surface area contributed by atoms with E-state index in [9.17, 15) is 9.90 Å². The molecular formula is C23H28BrIN2O3. The highest BCUT2D eigenvalue weighted by atomic mass is 127. The smallest absolute Gasteiger partial charge is 0.277 e. The summed E-state index contributed by atoms with van der Waals surface area (Å²) in [5.41, 5.74) is 4.44. The number of phenolic OH excluding ortho intramolecular Hbond substituents is 1. The lowest BCUT2D eigenvalue weighted by molar-refractivity contribution is -0.123. The van der Waals surface area contributed by atoms with E-state index in [2.05, 4.69) is 73.2 Å². The highest BCUT2D eigenvalue weighted by Crippen LogP contribution is 2.36. The third kappa shape index (κ3) is 7.58. The second kappa shape index (κ2) is 10.1. The summed E-state index contributed by atoms with van der Waals surface area (Å²) in [6, 6.07) is 11.4. The molecule has 162 valence electrons. The standard InChI is InChI=1S/C23H28BrIN2O3/c1-22(2,3)14-23(4,5)16-6-8-18(9-7-16)30-13-20(28)27-26-12-15-10-17(24)11-19(25)21(15)29/h6-12,29H,13-14H2,1-5H3,(H,27,28)/b26-12+. The number of carbonyl (C=O) groups excluding carboxylic acids is 1. The van der Waals surface area contributed by atoms with Crippen LogP contribution >= 0.6 is 38.5 Å². The predicted molar refractivity (Wildman–Crippen MR) is 133 cm³/mol. The fourth-order valence-corrected chi connectivity index (χ4v) is 5.02. The highest BCUT2D eigenvalue weighted by molar-refractivity contribution is 14.1. The summed E-state index contributed by atoms with van der Waals surface area (Å²) in [5.74, 6) is 0.360. The molecule has 30 heavy (non-hydrogen) atoms. The maximum absolute atomic E-state index is 12.0. The first kappa shape index (κ1) is 24.7. The topological polar surface area (TPSA) is 70.9 Å². The van der Waals surface area contributed by atoms with Gasteiger partial charge in [0.05, 0.1) is 9.78 Å². The molecule has 2 aromatic rings. The first-order valence-electron chi connectivity index (χ1n) is 9.61. The summed E-state index contributed by atoms with van der Waals surface area (Å²) in [7, 11) is 0. The van der Waals surface area contributed by atoms with Gasteiger partial charge in [0, 0.05) is 10.0 Å². The molecule has 0 heterocycles. The number of carbonyl (C=O) groups is 1. The molecule has 0 unspecified atom stereocenters. The molecule has 0 aromatic heterocycles. The van der Waals surface area contributed by atoms with Gasteiger partial charge in [0.2, 0.25) is 0 Å². The fraction of sp³-hybridized carbons (Fsp3) is 0.391. The van der Waals surface area contributed by atoms with Crippen molar-refractivity contribution >= 4 is 50.6 Å². The number of benzene rings is 2. The Balaban J connectivity index is 1.89. The average molecular weight is 587 g/mol. The zero-order chi connectivity index (χ0) is 22.5. The lowest BCUT2D eigenvalue weighted by Gasteiger charge is -2.33. The lowest BCUT2D eigenvalue weighted by atomic mass is 9.72. The molecule has 0 atom stereocenters. The summed E-state index contributed by atoms with van der Waals surface area (Å²) in [4.78, 5) is 12.0. The van der Waals surface area contributed by atoms with Gasteiger partial charge in [0.1, 0.15) is 11.5 Å². The van der Waals surface area contributed by atoms with Crippen molar-refractivity contribution in [3.05, 3.63) is 55.6 Å². The molecule has 7 heteroatoms. The van der Waals surface area contributed by atoms with Gasteiger partial charge in [-0.1, -0.05) is 62.7 Å². The monoisotopic (exact) mass is 586 g/mol. The molecule has 2 N–H and O–H groups in total.